The first-order valence-corrected chi connectivity index (χ1v) is 15.2. The second kappa shape index (κ2) is 15.8. The molecule has 0 saturated carbocycles. The molecule has 0 aliphatic heterocycles. The van der Waals surface area contributed by atoms with Crippen LogP contribution in [0.2, 0.25) is 0 Å². The van der Waals surface area contributed by atoms with Gasteiger partial charge < -0.3 is 9.47 Å². The fourth-order valence-electron chi connectivity index (χ4n) is 3.80. The van der Waals surface area contributed by atoms with Gasteiger partial charge in [0.15, 0.2) is 0 Å². The van der Waals surface area contributed by atoms with Gasteiger partial charge in [0.05, 0.1) is 26.4 Å². The third-order valence-electron chi connectivity index (χ3n) is 5.56. The fraction of sp³-hybridized carbons (Fsp3) is 0.462. The van der Waals surface area contributed by atoms with Crippen LogP contribution in [0.1, 0.15) is 63.5 Å². The molecule has 0 fully saturated rings. The van der Waals surface area contributed by atoms with Crippen molar-refractivity contribution in [2.24, 2.45) is 0 Å². The van der Waals surface area contributed by atoms with Crippen LogP contribution in [0.4, 0.5) is 0 Å². The lowest BCUT2D eigenvalue weighted by Crippen LogP contribution is -2.06. The summed E-state index contributed by atoms with van der Waals surface area (Å²) in [6, 6.07) is 15.7. The SMILES string of the molecule is CC/C(=C(/CC)c1ccc(OCCCCOS(=O)(=O)O)cc1)c1ccc(OCCCCOS(=O)(=O)O)cc1. The van der Waals surface area contributed by atoms with Crippen molar-refractivity contribution in [1.29, 1.82) is 0 Å². The van der Waals surface area contributed by atoms with E-state index in [0.717, 1.165) is 24.0 Å². The van der Waals surface area contributed by atoms with Crippen LogP contribution >= 0.6 is 0 Å². The van der Waals surface area contributed by atoms with Crippen molar-refractivity contribution in [2.75, 3.05) is 26.4 Å². The summed E-state index contributed by atoms with van der Waals surface area (Å²) >= 11 is 0. The van der Waals surface area contributed by atoms with Gasteiger partial charge in [-0.1, -0.05) is 38.1 Å². The highest BCUT2D eigenvalue weighted by Crippen LogP contribution is 2.33. The van der Waals surface area contributed by atoms with Crippen LogP contribution < -0.4 is 9.47 Å². The highest BCUT2D eigenvalue weighted by molar-refractivity contribution is 7.81. The molecular formula is C26H36O10S2. The van der Waals surface area contributed by atoms with Crippen LogP contribution in [0.15, 0.2) is 48.5 Å². The van der Waals surface area contributed by atoms with Gasteiger partial charge in [0.2, 0.25) is 0 Å². The fourth-order valence-corrected chi connectivity index (χ4v) is 4.46. The highest BCUT2D eigenvalue weighted by Gasteiger charge is 2.10. The topological polar surface area (TPSA) is 146 Å². The molecule has 38 heavy (non-hydrogen) atoms. The van der Waals surface area contributed by atoms with Gasteiger partial charge in [-0.25, -0.2) is 8.37 Å². The number of allylic oxidation sites excluding steroid dienone is 2. The van der Waals surface area contributed by atoms with Crippen molar-refractivity contribution in [3.05, 3.63) is 59.7 Å². The first-order chi connectivity index (χ1) is 18.0. The zero-order chi connectivity index (χ0) is 28.0. The van der Waals surface area contributed by atoms with Crippen molar-refractivity contribution in [3.63, 3.8) is 0 Å². The molecule has 0 radical (unpaired) electrons. The molecule has 0 atom stereocenters. The average molecular weight is 573 g/mol. The molecule has 0 saturated heterocycles. The number of benzene rings is 2. The first kappa shape index (κ1) is 31.7. The molecule has 2 aromatic carbocycles. The average Bonchev–Trinajstić information content (AvgIpc) is 2.86. The molecular weight excluding hydrogens is 536 g/mol. The normalized spacial score (nSPS) is 12.7. The molecule has 0 unspecified atom stereocenters. The Morgan fingerprint density at radius 2 is 0.895 bits per heavy atom. The molecule has 0 aliphatic rings. The van der Waals surface area contributed by atoms with Gasteiger partial charge in [0, 0.05) is 0 Å². The summed E-state index contributed by atoms with van der Waals surface area (Å²) in [7, 11) is -8.80. The Balaban J connectivity index is 1.92. The van der Waals surface area contributed by atoms with E-state index in [9.17, 15) is 16.8 Å². The van der Waals surface area contributed by atoms with Gasteiger partial charge in [0.25, 0.3) is 0 Å². The lowest BCUT2D eigenvalue weighted by atomic mass is 9.91. The first-order valence-electron chi connectivity index (χ1n) is 12.4. The van der Waals surface area contributed by atoms with E-state index in [-0.39, 0.29) is 13.2 Å². The molecule has 0 aromatic heterocycles. The monoisotopic (exact) mass is 572 g/mol. The summed E-state index contributed by atoms with van der Waals surface area (Å²) in [5.74, 6) is 1.42. The summed E-state index contributed by atoms with van der Waals surface area (Å²) in [6.07, 6.45) is 3.74. The number of ether oxygens (including phenoxy) is 2. The van der Waals surface area contributed by atoms with Crippen molar-refractivity contribution in [3.8, 4) is 11.5 Å². The third kappa shape index (κ3) is 12.4. The van der Waals surface area contributed by atoms with E-state index in [4.69, 9.17) is 18.6 Å². The summed E-state index contributed by atoms with van der Waals surface area (Å²) in [5, 5.41) is 0. The Morgan fingerprint density at radius 3 is 1.18 bits per heavy atom. The van der Waals surface area contributed by atoms with Crippen molar-refractivity contribution in [1.82, 2.24) is 0 Å². The molecule has 0 bridgehead atoms. The quantitative estimate of drug-likeness (QED) is 0.136. The largest absolute Gasteiger partial charge is 0.494 e. The minimum Gasteiger partial charge on any atom is -0.494 e. The maximum absolute atomic E-state index is 10.5. The van der Waals surface area contributed by atoms with E-state index >= 15 is 0 Å². The number of hydrogen-bond acceptors (Lipinski definition) is 8. The van der Waals surface area contributed by atoms with Crippen LogP contribution in [0.5, 0.6) is 11.5 Å². The van der Waals surface area contributed by atoms with Crippen LogP contribution in [-0.4, -0.2) is 52.4 Å². The zero-order valence-corrected chi connectivity index (χ0v) is 23.3. The number of rotatable bonds is 18. The maximum atomic E-state index is 10.5. The molecule has 0 heterocycles. The van der Waals surface area contributed by atoms with Gasteiger partial charge in [-0.3, -0.25) is 9.11 Å². The van der Waals surface area contributed by atoms with Gasteiger partial charge in [-0.05, 0) is 85.1 Å². The molecule has 10 nitrogen and oxygen atoms in total. The molecule has 0 amide bonds. The van der Waals surface area contributed by atoms with E-state index in [1.54, 1.807) is 0 Å². The molecule has 212 valence electrons. The van der Waals surface area contributed by atoms with Gasteiger partial charge in [0.1, 0.15) is 11.5 Å². The van der Waals surface area contributed by atoms with Gasteiger partial charge >= 0.3 is 20.8 Å². The van der Waals surface area contributed by atoms with Crippen LogP contribution in [-0.2, 0) is 29.2 Å². The lowest BCUT2D eigenvalue weighted by molar-refractivity contribution is 0.243. The number of unbranched alkanes of at least 4 members (excludes halogenated alkanes) is 2. The van der Waals surface area contributed by atoms with Crippen LogP contribution in [0.3, 0.4) is 0 Å². The highest BCUT2D eigenvalue weighted by atomic mass is 32.3. The molecule has 0 spiro atoms. The zero-order valence-electron chi connectivity index (χ0n) is 21.7. The summed E-state index contributed by atoms with van der Waals surface area (Å²) in [4.78, 5) is 0. The molecule has 2 N–H and O–H groups in total. The molecule has 0 aliphatic carbocycles. The molecule has 2 aromatic rings. The second-order valence-electron chi connectivity index (χ2n) is 8.32. The minimum atomic E-state index is -4.40. The van der Waals surface area contributed by atoms with Gasteiger partial charge in [-0.2, -0.15) is 16.8 Å². The Labute approximate surface area is 225 Å². The van der Waals surface area contributed by atoms with Crippen molar-refractivity contribution >= 4 is 31.9 Å². The summed E-state index contributed by atoms with van der Waals surface area (Å²) < 4.78 is 79.2. The second-order valence-corrected chi connectivity index (χ2v) is 10.5. The van der Waals surface area contributed by atoms with Crippen molar-refractivity contribution in [2.45, 2.75) is 52.4 Å². The Bertz CT molecular complexity index is 1120. The Hall–Kier alpha value is -2.48. The summed E-state index contributed by atoms with van der Waals surface area (Å²) in [5.41, 5.74) is 4.67. The van der Waals surface area contributed by atoms with Crippen molar-refractivity contribution < 1.29 is 43.8 Å². The Morgan fingerprint density at radius 1 is 0.579 bits per heavy atom. The van der Waals surface area contributed by atoms with E-state index in [2.05, 4.69) is 22.2 Å². The predicted molar refractivity (Wildman–Crippen MR) is 145 cm³/mol. The Kier molecular flexibility index (Phi) is 13.2. The predicted octanol–water partition coefficient (Wildman–Crippen LogP) is 5.37. The van der Waals surface area contributed by atoms with E-state index < -0.39 is 20.8 Å². The van der Waals surface area contributed by atoms with E-state index in [1.807, 2.05) is 48.5 Å². The third-order valence-corrected chi connectivity index (χ3v) is 6.49. The van der Waals surface area contributed by atoms with Gasteiger partial charge in [-0.15, -0.1) is 0 Å². The van der Waals surface area contributed by atoms with E-state index in [1.165, 1.54) is 11.1 Å². The van der Waals surface area contributed by atoms with E-state index in [0.29, 0.717) is 50.4 Å². The lowest BCUT2D eigenvalue weighted by Gasteiger charge is -2.15. The summed E-state index contributed by atoms with van der Waals surface area (Å²) in [6.45, 7) is 4.86. The smallest absolute Gasteiger partial charge is 0.397 e. The number of hydrogen-bond donors (Lipinski definition) is 2. The minimum absolute atomic E-state index is 0.0895. The maximum Gasteiger partial charge on any atom is 0.397 e. The molecule has 12 heteroatoms. The standard InChI is InChI=1S/C26H36O10S2/c1-3-25(21-9-13-23(14-10-21)33-17-5-7-19-35-37(27,28)29)26(4-2)22-11-15-24(16-12-22)34-18-6-8-20-36-38(30,31)32/h9-16H,3-8,17-20H2,1-2H3,(H,27,28,29)(H,30,31,32)/b26-25+. The van der Waals surface area contributed by atoms with Crippen LogP contribution in [0.25, 0.3) is 11.1 Å². The van der Waals surface area contributed by atoms with Crippen LogP contribution in [0, 0.1) is 0 Å². The molecule has 2 rings (SSSR count).